The van der Waals surface area contributed by atoms with Crippen LogP contribution in [0.15, 0.2) is 29.0 Å². The molecule has 0 amide bonds. The van der Waals surface area contributed by atoms with E-state index in [1.165, 1.54) is 31.4 Å². The van der Waals surface area contributed by atoms with Gasteiger partial charge in [0.05, 0.1) is 12.3 Å². The standard InChI is InChI=1S/C17H25N3O/c1-12-5-7-13(8-6-12)16-11-19-17(20(16)2)15(18)10-14-4-3-9-21-14/h3-4,9,11-13,15H,5-8,10,18H2,1-2H3/t12?,13?,15-/m0/s1. The summed E-state index contributed by atoms with van der Waals surface area (Å²) in [5.74, 6) is 3.39. The Morgan fingerprint density at radius 1 is 1.38 bits per heavy atom. The Morgan fingerprint density at radius 2 is 2.14 bits per heavy atom. The summed E-state index contributed by atoms with van der Waals surface area (Å²) in [6.45, 7) is 2.35. The monoisotopic (exact) mass is 287 g/mol. The van der Waals surface area contributed by atoms with Gasteiger partial charge in [-0.05, 0) is 30.9 Å². The van der Waals surface area contributed by atoms with Gasteiger partial charge in [0.15, 0.2) is 0 Å². The molecule has 1 aliphatic rings. The second-order valence-electron chi connectivity index (χ2n) is 6.45. The summed E-state index contributed by atoms with van der Waals surface area (Å²) in [7, 11) is 2.09. The molecule has 1 saturated carbocycles. The van der Waals surface area contributed by atoms with Gasteiger partial charge in [-0.1, -0.05) is 19.8 Å². The maximum Gasteiger partial charge on any atom is 0.126 e. The van der Waals surface area contributed by atoms with Crippen molar-refractivity contribution < 1.29 is 4.42 Å². The Balaban J connectivity index is 1.72. The Hall–Kier alpha value is -1.55. The second-order valence-corrected chi connectivity index (χ2v) is 6.45. The molecule has 3 rings (SSSR count). The van der Waals surface area contributed by atoms with E-state index in [9.17, 15) is 0 Å². The molecular weight excluding hydrogens is 262 g/mol. The SMILES string of the molecule is CC1CCC(c2cnc([C@@H](N)Cc3ccco3)n2C)CC1. The highest BCUT2D eigenvalue weighted by Gasteiger charge is 2.24. The van der Waals surface area contributed by atoms with Crippen LogP contribution in [0, 0.1) is 5.92 Å². The number of imidazole rings is 1. The van der Waals surface area contributed by atoms with Crippen LogP contribution in [0.4, 0.5) is 0 Å². The van der Waals surface area contributed by atoms with Gasteiger partial charge in [0.25, 0.3) is 0 Å². The minimum absolute atomic E-state index is 0.114. The Kier molecular flexibility index (Phi) is 4.15. The third-order valence-corrected chi connectivity index (χ3v) is 4.83. The molecule has 0 unspecified atom stereocenters. The number of furan rings is 1. The fourth-order valence-electron chi connectivity index (χ4n) is 3.45. The first kappa shape index (κ1) is 14.4. The number of aromatic nitrogens is 2. The van der Waals surface area contributed by atoms with E-state index in [1.54, 1.807) is 6.26 Å². The van der Waals surface area contributed by atoms with Gasteiger partial charge >= 0.3 is 0 Å². The lowest BCUT2D eigenvalue weighted by atomic mass is 9.81. The first-order valence-corrected chi connectivity index (χ1v) is 7.94. The van der Waals surface area contributed by atoms with E-state index < -0.39 is 0 Å². The lowest BCUT2D eigenvalue weighted by molar-refractivity contribution is 0.339. The first-order valence-electron chi connectivity index (χ1n) is 7.94. The van der Waals surface area contributed by atoms with Crippen molar-refractivity contribution in [1.82, 2.24) is 9.55 Å². The maximum absolute atomic E-state index is 6.31. The van der Waals surface area contributed by atoms with Crippen LogP contribution in [0.2, 0.25) is 0 Å². The topological polar surface area (TPSA) is 57.0 Å². The van der Waals surface area contributed by atoms with Crippen LogP contribution in [-0.4, -0.2) is 9.55 Å². The summed E-state index contributed by atoms with van der Waals surface area (Å²) in [5.41, 5.74) is 7.65. The third kappa shape index (κ3) is 3.05. The molecule has 1 atom stereocenters. The zero-order valence-corrected chi connectivity index (χ0v) is 13.0. The molecule has 2 heterocycles. The maximum atomic E-state index is 6.31. The molecular formula is C17H25N3O. The molecule has 2 aromatic rings. The van der Waals surface area contributed by atoms with Crippen molar-refractivity contribution in [1.29, 1.82) is 0 Å². The molecule has 114 valence electrons. The highest BCUT2D eigenvalue weighted by Crippen LogP contribution is 2.36. The minimum Gasteiger partial charge on any atom is -0.469 e. The van der Waals surface area contributed by atoms with Crippen LogP contribution < -0.4 is 5.73 Å². The first-order chi connectivity index (χ1) is 10.1. The van der Waals surface area contributed by atoms with Crippen molar-refractivity contribution in [3.8, 4) is 0 Å². The van der Waals surface area contributed by atoms with Crippen LogP contribution in [0.3, 0.4) is 0 Å². The predicted molar refractivity (Wildman–Crippen MR) is 82.9 cm³/mol. The van der Waals surface area contributed by atoms with Gasteiger partial charge in [-0.25, -0.2) is 4.98 Å². The lowest BCUT2D eigenvalue weighted by Gasteiger charge is -2.26. The van der Waals surface area contributed by atoms with Crippen molar-refractivity contribution in [2.75, 3.05) is 0 Å². The van der Waals surface area contributed by atoms with E-state index >= 15 is 0 Å². The summed E-state index contributed by atoms with van der Waals surface area (Å²) in [5, 5.41) is 0. The van der Waals surface area contributed by atoms with E-state index in [0.29, 0.717) is 12.3 Å². The van der Waals surface area contributed by atoms with Crippen LogP contribution in [0.5, 0.6) is 0 Å². The van der Waals surface area contributed by atoms with Gasteiger partial charge in [-0.3, -0.25) is 0 Å². The third-order valence-electron chi connectivity index (χ3n) is 4.83. The van der Waals surface area contributed by atoms with Crippen molar-refractivity contribution in [3.05, 3.63) is 41.9 Å². The van der Waals surface area contributed by atoms with Crippen molar-refractivity contribution in [2.24, 2.45) is 18.7 Å². The molecule has 0 bridgehead atoms. The molecule has 4 heteroatoms. The predicted octanol–water partition coefficient (Wildman–Crippen LogP) is 3.55. The van der Waals surface area contributed by atoms with E-state index in [2.05, 4.69) is 23.5 Å². The summed E-state index contributed by atoms with van der Waals surface area (Å²) in [4.78, 5) is 4.59. The molecule has 2 aromatic heterocycles. The zero-order chi connectivity index (χ0) is 14.8. The van der Waals surface area contributed by atoms with Gasteiger partial charge in [0.2, 0.25) is 0 Å². The Bertz CT molecular complexity index is 565. The molecule has 0 aromatic carbocycles. The minimum atomic E-state index is -0.114. The molecule has 0 radical (unpaired) electrons. The number of nitrogens with two attached hydrogens (primary N) is 1. The molecule has 21 heavy (non-hydrogen) atoms. The van der Waals surface area contributed by atoms with Gasteiger partial charge in [0, 0.05) is 31.3 Å². The van der Waals surface area contributed by atoms with Crippen LogP contribution in [0.25, 0.3) is 0 Å². The number of rotatable bonds is 4. The average Bonchev–Trinajstić information content (AvgIpc) is 3.09. The van der Waals surface area contributed by atoms with Crippen molar-refractivity contribution in [2.45, 2.75) is 51.0 Å². The summed E-state index contributed by atoms with van der Waals surface area (Å²) in [6.07, 6.45) is 9.60. The molecule has 4 nitrogen and oxygen atoms in total. The largest absolute Gasteiger partial charge is 0.469 e. The van der Waals surface area contributed by atoms with Gasteiger partial charge in [-0.2, -0.15) is 0 Å². The van der Waals surface area contributed by atoms with Crippen molar-refractivity contribution >= 4 is 0 Å². The summed E-state index contributed by atoms with van der Waals surface area (Å²) < 4.78 is 7.59. The van der Waals surface area contributed by atoms with Crippen LogP contribution >= 0.6 is 0 Å². The Morgan fingerprint density at radius 3 is 2.81 bits per heavy atom. The van der Waals surface area contributed by atoms with E-state index in [-0.39, 0.29) is 6.04 Å². The summed E-state index contributed by atoms with van der Waals surface area (Å²) >= 11 is 0. The molecule has 0 spiro atoms. The molecule has 1 aliphatic carbocycles. The van der Waals surface area contributed by atoms with E-state index in [4.69, 9.17) is 10.2 Å². The quantitative estimate of drug-likeness (QED) is 0.935. The zero-order valence-electron chi connectivity index (χ0n) is 13.0. The van der Waals surface area contributed by atoms with Gasteiger partial charge in [-0.15, -0.1) is 0 Å². The fourth-order valence-corrected chi connectivity index (χ4v) is 3.45. The Labute approximate surface area is 126 Å². The van der Waals surface area contributed by atoms with Crippen LogP contribution in [0.1, 0.15) is 61.8 Å². The fraction of sp³-hybridized carbons (Fsp3) is 0.588. The highest BCUT2D eigenvalue weighted by atomic mass is 16.3. The van der Waals surface area contributed by atoms with Gasteiger partial charge < -0.3 is 14.7 Å². The summed E-state index contributed by atoms with van der Waals surface area (Å²) in [6, 6.07) is 3.75. The molecule has 0 saturated heterocycles. The molecule has 2 N–H and O–H groups in total. The normalized spacial score (nSPS) is 24.1. The number of hydrogen-bond acceptors (Lipinski definition) is 3. The van der Waals surface area contributed by atoms with Gasteiger partial charge in [0.1, 0.15) is 11.6 Å². The molecule has 0 aliphatic heterocycles. The van der Waals surface area contributed by atoms with Crippen LogP contribution in [-0.2, 0) is 13.5 Å². The second kappa shape index (κ2) is 6.06. The number of hydrogen-bond donors (Lipinski definition) is 1. The number of nitrogens with zero attached hydrogens (tertiary/aromatic N) is 2. The highest BCUT2D eigenvalue weighted by molar-refractivity contribution is 5.15. The smallest absolute Gasteiger partial charge is 0.126 e. The lowest BCUT2D eigenvalue weighted by Crippen LogP contribution is -2.20. The molecule has 1 fully saturated rings. The van der Waals surface area contributed by atoms with E-state index in [1.807, 2.05) is 18.3 Å². The average molecular weight is 287 g/mol. The van der Waals surface area contributed by atoms with Crippen molar-refractivity contribution in [3.63, 3.8) is 0 Å². The van der Waals surface area contributed by atoms with E-state index in [0.717, 1.165) is 17.5 Å².